The summed E-state index contributed by atoms with van der Waals surface area (Å²) in [7, 11) is 3.13. The third-order valence-corrected chi connectivity index (χ3v) is 12.2. The maximum Gasteiger partial charge on any atom is 0.408 e. The highest BCUT2D eigenvalue weighted by atomic mass is 16.6. The van der Waals surface area contributed by atoms with Crippen LogP contribution in [0.2, 0.25) is 0 Å². The number of carbonyl (C=O) groups excluding carboxylic acids is 7. The largest absolute Gasteiger partial charge is 0.446 e. The maximum absolute atomic E-state index is 14.6. The first-order valence-corrected chi connectivity index (χ1v) is 19.8. The highest BCUT2D eigenvalue weighted by Gasteiger charge is 2.70. The number of amides is 6. The van der Waals surface area contributed by atoms with Gasteiger partial charge in [-0.25, -0.2) is 4.79 Å². The first-order chi connectivity index (χ1) is 25.8. The average molecular weight is 767 g/mol. The van der Waals surface area contributed by atoms with Crippen molar-refractivity contribution in [3.8, 4) is 0 Å². The van der Waals surface area contributed by atoms with Gasteiger partial charge in [0.2, 0.25) is 29.4 Å². The van der Waals surface area contributed by atoms with Crippen LogP contribution in [0.5, 0.6) is 0 Å². The zero-order chi connectivity index (χ0) is 40.8. The van der Waals surface area contributed by atoms with Crippen LogP contribution in [0.4, 0.5) is 4.79 Å². The van der Waals surface area contributed by atoms with Crippen LogP contribution in [0.15, 0.2) is 30.3 Å². The third kappa shape index (κ3) is 10.0. The van der Waals surface area contributed by atoms with Gasteiger partial charge in [-0.2, -0.15) is 0 Å². The van der Waals surface area contributed by atoms with E-state index in [2.05, 4.69) is 35.1 Å². The summed E-state index contributed by atoms with van der Waals surface area (Å²) in [4.78, 5) is 97.4. The van der Waals surface area contributed by atoms with Crippen molar-refractivity contribution in [1.29, 1.82) is 0 Å². The van der Waals surface area contributed by atoms with Crippen LogP contribution in [0.1, 0.15) is 105 Å². The highest BCUT2D eigenvalue weighted by Crippen LogP contribution is 2.65. The molecule has 1 aliphatic heterocycles. The lowest BCUT2D eigenvalue weighted by molar-refractivity contribution is -0.146. The fraction of sp³-hybridized carbons (Fsp3) is 0.683. The molecule has 3 fully saturated rings. The molecular formula is C41H62N6O8. The van der Waals surface area contributed by atoms with Crippen molar-refractivity contribution in [2.24, 2.45) is 28.6 Å². The van der Waals surface area contributed by atoms with E-state index in [9.17, 15) is 33.6 Å². The minimum absolute atomic E-state index is 0.0427. The number of nitrogens with one attached hydrogen (secondary N) is 4. The van der Waals surface area contributed by atoms with Crippen molar-refractivity contribution in [3.05, 3.63) is 35.9 Å². The fourth-order valence-corrected chi connectivity index (χ4v) is 8.24. The summed E-state index contributed by atoms with van der Waals surface area (Å²) in [6, 6.07) is 4.62. The Bertz CT molecular complexity index is 1590. The number of likely N-dealkylation sites (N-methyl/N-ethyl adjacent to an activating group) is 1. The summed E-state index contributed by atoms with van der Waals surface area (Å²) in [5, 5.41) is 10.7. The Kier molecular flexibility index (Phi) is 14.1. The lowest BCUT2D eigenvalue weighted by Gasteiger charge is -2.43. The second-order valence-corrected chi connectivity index (χ2v) is 17.1. The molecule has 6 amide bonds. The molecule has 2 saturated carbocycles. The SMILES string of the molecule is CCC[C@@H](NC(=O)[C@@H]1[C@@H]2[C@H](CN1C(=O)[C@@H](NC(=O)O[C@H](C)C(C)C)C1(C)CCCCC1)C2(C)C)C(=O)C(=O)NCC(=O)N[C@H](C(=O)N(C)C)c1ccccc1. The van der Waals surface area contributed by atoms with E-state index in [0.717, 1.165) is 32.1 Å². The molecule has 55 heavy (non-hydrogen) atoms. The topological polar surface area (TPSA) is 183 Å². The molecule has 4 N–H and O–H groups in total. The van der Waals surface area contributed by atoms with Crippen LogP contribution in [0.3, 0.4) is 0 Å². The normalized spacial score (nSPS) is 22.9. The van der Waals surface area contributed by atoms with Gasteiger partial charge < -0.3 is 35.8 Å². The van der Waals surface area contributed by atoms with Crippen molar-refractivity contribution >= 4 is 41.4 Å². The minimum atomic E-state index is -1.21. The molecule has 1 aromatic rings. The van der Waals surface area contributed by atoms with Crippen molar-refractivity contribution in [2.75, 3.05) is 27.2 Å². The van der Waals surface area contributed by atoms with Gasteiger partial charge in [-0.3, -0.25) is 28.8 Å². The summed E-state index contributed by atoms with van der Waals surface area (Å²) >= 11 is 0. The zero-order valence-corrected chi connectivity index (χ0v) is 34.0. The Morgan fingerprint density at radius 2 is 1.55 bits per heavy atom. The number of piperidine rings is 1. The molecule has 0 spiro atoms. The number of nitrogens with zero attached hydrogens (tertiary/aromatic N) is 2. The highest BCUT2D eigenvalue weighted by molar-refractivity contribution is 6.38. The van der Waals surface area contributed by atoms with Crippen LogP contribution < -0.4 is 21.3 Å². The van der Waals surface area contributed by atoms with Crippen LogP contribution in [-0.2, 0) is 33.5 Å². The standard InChI is InChI=1S/C41H62N6O8/c1-10-17-28(33(49)36(51)42-22-29(48)44-31(37(52)46(8)9)26-18-13-11-14-19-26)43-35(50)32-30-27(40(30,5)6)23-47(32)38(53)34(41(7)20-15-12-16-21-41)45-39(54)55-25(4)24(2)3/h11,13-14,18-19,24-25,27-28,30-32,34H,10,12,15-17,20-23H2,1-9H3,(H,42,51)(H,43,50)(H,44,48)(H,45,54)/t25-,27+,28-,30+,31+,32+,34-/m1/s1. The molecule has 3 aliphatic rings. The fourth-order valence-electron chi connectivity index (χ4n) is 8.24. The predicted molar refractivity (Wildman–Crippen MR) is 206 cm³/mol. The number of ether oxygens (including phenoxy) is 1. The number of hydrogen-bond donors (Lipinski definition) is 4. The van der Waals surface area contributed by atoms with E-state index < -0.39 is 65.7 Å². The predicted octanol–water partition coefficient (Wildman–Crippen LogP) is 3.50. The minimum Gasteiger partial charge on any atom is -0.446 e. The Balaban J connectivity index is 1.48. The van der Waals surface area contributed by atoms with Gasteiger partial charge in [0.05, 0.1) is 12.6 Å². The number of hydrogen-bond acceptors (Lipinski definition) is 8. The first-order valence-electron chi connectivity index (χ1n) is 19.8. The van der Waals surface area contributed by atoms with Gasteiger partial charge >= 0.3 is 6.09 Å². The summed E-state index contributed by atoms with van der Waals surface area (Å²) < 4.78 is 5.63. The molecule has 7 atom stereocenters. The zero-order valence-electron chi connectivity index (χ0n) is 34.0. The molecule has 0 unspecified atom stereocenters. The third-order valence-electron chi connectivity index (χ3n) is 12.2. The van der Waals surface area contributed by atoms with Gasteiger partial charge in [0.15, 0.2) is 0 Å². The Labute approximate surface area is 325 Å². The van der Waals surface area contributed by atoms with E-state index in [1.807, 2.05) is 27.7 Å². The number of ketones is 1. The summed E-state index contributed by atoms with van der Waals surface area (Å²) in [6.07, 6.45) is 3.88. The molecule has 4 rings (SSSR count). The number of alkyl carbamates (subject to hydrolysis) is 1. The van der Waals surface area contributed by atoms with Crippen LogP contribution in [0, 0.1) is 28.6 Å². The number of rotatable bonds is 16. The maximum atomic E-state index is 14.6. The molecule has 1 saturated heterocycles. The number of benzene rings is 1. The molecule has 304 valence electrons. The summed E-state index contributed by atoms with van der Waals surface area (Å²) in [6.45, 7) is 13.4. The molecule has 14 heteroatoms. The quantitative estimate of drug-likeness (QED) is 0.185. The van der Waals surface area contributed by atoms with E-state index >= 15 is 0 Å². The molecule has 0 bridgehead atoms. The number of carbonyl (C=O) groups is 7. The number of Topliss-reactive ketones (excluding diaryl/α,β-unsaturated/α-hetero) is 1. The van der Waals surface area contributed by atoms with Crippen molar-refractivity contribution < 1.29 is 38.3 Å². The summed E-state index contributed by atoms with van der Waals surface area (Å²) in [5.74, 6) is -3.99. The van der Waals surface area contributed by atoms with E-state index in [1.54, 1.807) is 56.3 Å². The van der Waals surface area contributed by atoms with Gasteiger partial charge in [0.25, 0.3) is 5.91 Å². The molecule has 0 aromatic heterocycles. The molecule has 2 aliphatic carbocycles. The van der Waals surface area contributed by atoms with E-state index in [0.29, 0.717) is 18.5 Å². The molecule has 1 aromatic carbocycles. The van der Waals surface area contributed by atoms with Crippen LogP contribution in [0.25, 0.3) is 0 Å². The lowest BCUT2D eigenvalue weighted by Crippen LogP contribution is -2.61. The summed E-state index contributed by atoms with van der Waals surface area (Å²) in [5.41, 5.74) is -0.230. The molecular weight excluding hydrogens is 704 g/mol. The van der Waals surface area contributed by atoms with Gasteiger partial charge in [-0.1, -0.05) is 97.6 Å². The van der Waals surface area contributed by atoms with Gasteiger partial charge in [0.1, 0.15) is 24.2 Å². The van der Waals surface area contributed by atoms with Gasteiger partial charge in [0, 0.05) is 20.6 Å². The molecule has 1 heterocycles. The molecule has 0 radical (unpaired) electrons. The Hall–Kier alpha value is -4.49. The Morgan fingerprint density at radius 1 is 0.909 bits per heavy atom. The van der Waals surface area contributed by atoms with E-state index in [4.69, 9.17) is 4.74 Å². The van der Waals surface area contributed by atoms with Crippen LogP contribution in [-0.4, -0.2) is 103 Å². The second kappa shape index (κ2) is 18.0. The van der Waals surface area contributed by atoms with E-state index in [-0.39, 0.29) is 47.5 Å². The van der Waals surface area contributed by atoms with Crippen molar-refractivity contribution in [2.45, 2.75) is 124 Å². The number of likely N-dealkylation sites (tertiary alicyclic amines) is 1. The molecule has 14 nitrogen and oxygen atoms in total. The van der Waals surface area contributed by atoms with Gasteiger partial charge in [-0.15, -0.1) is 0 Å². The monoisotopic (exact) mass is 766 g/mol. The van der Waals surface area contributed by atoms with Gasteiger partial charge in [-0.05, 0) is 60.3 Å². The Morgan fingerprint density at radius 3 is 2.13 bits per heavy atom. The van der Waals surface area contributed by atoms with Crippen molar-refractivity contribution in [1.82, 2.24) is 31.1 Å². The van der Waals surface area contributed by atoms with Crippen molar-refractivity contribution in [3.63, 3.8) is 0 Å². The first kappa shape index (κ1) is 43.2. The van der Waals surface area contributed by atoms with E-state index in [1.165, 1.54) is 4.90 Å². The average Bonchev–Trinajstić information content (AvgIpc) is 3.43. The van der Waals surface area contributed by atoms with Crippen LogP contribution >= 0.6 is 0 Å². The smallest absolute Gasteiger partial charge is 0.408 e. The second-order valence-electron chi connectivity index (χ2n) is 17.1. The number of fused-ring (bicyclic) bond motifs is 1. The lowest BCUT2D eigenvalue weighted by atomic mass is 9.70.